The number of nitrogens with one attached hydrogen (secondary N) is 2. The molecule has 2 N–H and O–H groups in total. The number of esters is 1. The van der Waals surface area contributed by atoms with E-state index in [0.717, 1.165) is 37.6 Å². The molecule has 8 heteroatoms. The lowest BCUT2D eigenvalue weighted by Gasteiger charge is -2.09. The predicted octanol–water partition coefficient (Wildman–Crippen LogP) is 7.21. The van der Waals surface area contributed by atoms with E-state index in [0.29, 0.717) is 28.3 Å². The number of nitrogens with zero attached hydrogens (tertiary/aromatic N) is 1. The largest absolute Gasteiger partial charge is 0.497 e. The van der Waals surface area contributed by atoms with Crippen LogP contribution in [0.5, 0.6) is 11.5 Å². The third kappa shape index (κ3) is 5.67. The first-order chi connectivity index (χ1) is 19.3. The molecule has 0 atom stereocenters. The summed E-state index contributed by atoms with van der Waals surface area (Å²) < 4.78 is 11.5. The molecule has 0 saturated carbocycles. The number of aromatic amines is 1. The van der Waals surface area contributed by atoms with Crippen molar-refractivity contribution in [2.45, 2.75) is 13.8 Å². The van der Waals surface area contributed by atoms with Gasteiger partial charge in [0.1, 0.15) is 17.2 Å². The third-order valence-corrected chi connectivity index (χ3v) is 6.90. The molecule has 200 valence electrons. The molecule has 0 spiro atoms. The van der Waals surface area contributed by atoms with Gasteiger partial charge in [0.25, 0.3) is 5.91 Å². The summed E-state index contributed by atoms with van der Waals surface area (Å²) in [5.74, 6) is 0.0122. The Morgan fingerprint density at radius 3 is 2.42 bits per heavy atom. The molecule has 0 fully saturated rings. The van der Waals surface area contributed by atoms with Crippen LogP contribution in [0.4, 0.5) is 0 Å². The second-order valence-electron chi connectivity index (χ2n) is 9.24. The SMILES string of the molecule is COc1ccc(C(=O)Oc2ccc(Br)cc2C=NNC(=O)c2[nH]c3c(C)cc(C)cc3c2-c2ccccc2)cc1. The van der Waals surface area contributed by atoms with Crippen molar-refractivity contribution in [3.63, 3.8) is 0 Å². The lowest BCUT2D eigenvalue weighted by molar-refractivity contribution is 0.0734. The van der Waals surface area contributed by atoms with Crippen LogP contribution in [-0.2, 0) is 0 Å². The van der Waals surface area contributed by atoms with Gasteiger partial charge in [0.15, 0.2) is 0 Å². The molecule has 40 heavy (non-hydrogen) atoms. The number of carbonyl (C=O) groups is 2. The number of fused-ring (bicyclic) bond motifs is 1. The number of aryl methyl sites for hydroxylation is 2. The van der Waals surface area contributed by atoms with Crippen molar-refractivity contribution < 1.29 is 19.1 Å². The smallest absolute Gasteiger partial charge is 0.343 e. The first-order valence-corrected chi connectivity index (χ1v) is 13.3. The van der Waals surface area contributed by atoms with Gasteiger partial charge < -0.3 is 14.5 Å². The first-order valence-electron chi connectivity index (χ1n) is 12.5. The molecule has 1 heterocycles. The second kappa shape index (κ2) is 11.6. The molecule has 0 unspecified atom stereocenters. The van der Waals surface area contributed by atoms with Gasteiger partial charge >= 0.3 is 5.97 Å². The van der Waals surface area contributed by atoms with Gasteiger partial charge in [0.05, 0.1) is 18.9 Å². The van der Waals surface area contributed by atoms with Crippen molar-refractivity contribution in [2.24, 2.45) is 5.10 Å². The average Bonchev–Trinajstić information content (AvgIpc) is 3.34. The Hall–Kier alpha value is -4.69. The summed E-state index contributed by atoms with van der Waals surface area (Å²) in [6.45, 7) is 4.05. The van der Waals surface area contributed by atoms with Crippen molar-refractivity contribution in [2.75, 3.05) is 7.11 Å². The van der Waals surface area contributed by atoms with Crippen LogP contribution in [0.25, 0.3) is 22.0 Å². The number of amides is 1. The zero-order valence-electron chi connectivity index (χ0n) is 22.1. The van der Waals surface area contributed by atoms with Crippen molar-refractivity contribution >= 4 is 44.9 Å². The fourth-order valence-electron chi connectivity index (χ4n) is 4.54. The highest BCUT2D eigenvalue weighted by Gasteiger charge is 2.20. The Kier molecular flexibility index (Phi) is 7.79. The van der Waals surface area contributed by atoms with E-state index in [9.17, 15) is 9.59 Å². The summed E-state index contributed by atoms with van der Waals surface area (Å²) in [7, 11) is 1.56. The summed E-state index contributed by atoms with van der Waals surface area (Å²) in [6, 6.07) is 25.7. The first kappa shape index (κ1) is 26.9. The Balaban J connectivity index is 1.41. The highest BCUT2D eigenvalue weighted by atomic mass is 79.9. The molecule has 0 saturated heterocycles. The van der Waals surface area contributed by atoms with Crippen LogP contribution in [0, 0.1) is 13.8 Å². The van der Waals surface area contributed by atoms with E-state index in [4.69, 9.17) is 9.47 Å². The number of aromatic nitrogens is 1. The predicted molar refractivity (Wildman–Crippen MR) is 160 cm³/mol. The molecule has 1 amide bonds. The van der Waals surface area contributed by atoms with Crippen molar-refractivity contribution in [1.82, 2.24) is 10.4 Å². The maximum atomic E-state index is 13.4. The maximum Gasteiger partial charge on any atom is 0.343 e. The van der Waals surface area contributed by atoms with Crippen molar-refractivity contribution in [1.29, 1.82) is 0 Å². The molecule has 5 rings (SSSR count). The number of carbonyl (C=O) groups excluding carboxylic acids is 2. The summed E-state index contributed by atoms with van der Waals surface area (Å²) in [4.78, 5) is 29.4. The van der Waals surface area contributed by atoms with Crippen LogP contribution in [0.1, 0.15) is 37.5 Å². The number of ether oxygens (including phenoxy) is 2. The van der Waals surface area contributed by atoms with Gasteiger partial charge in [-0.1, -0.05) is 57.9 Å². The van der Waals surface area contributed by atoms with Crippen LogP contribution in [0.3, 0.4) is 0 Å². The minimum Gasteiger partial charge on any atom is -0.497 e. The number of rotatable bonds is 7. The number of hydrogen-bond donors (Lipinski definition) is 2. The van der Waals surface area contributed by atoms with Gasteiger partial charge in [-0.05, 0) is 73.5 Å². The molecule has 0 aliphatic heterocycles. The van der Waals surface area contributed by atoms with Gasteiger partial charge in [0, 0.05) is 26.5 Å². The van der Waals surface area contributed by atoms with Gasteiger partial charge in [-0.2, -0.15) is 5.10 Å². The summed E-state index contributed by atoms with van der Waals surface area (Å²) in [6.07, 6.45) is 1.44. The lowest BCUT2D eigenvalue weighted by atomic mass is 9.99. The number of hydrogen-bond acceptors (Lipinski definition) is 5. The summed E-state index contributed by atoms with van der Waals surface area (Å²) in [5, 5.41) is 5.16. The second-order valence-corrected chi connectivity index (χ2v) is 10.2. The van der Waals surface area contributed by atoms with Crippen molar-refractivity contribution in [3.8, 4) is 22.6 Å². The molecule has 4 aromatic carbocycles. The molecule has 0 radical (unpaired) electrons. The lowest BCUT2D eigenvalue weighted by Crippen LogP contribution is -2.19. The van der Waals surface area contributed by atoms with Crippen LogP contribution in [0.15, 0.2) is 94.5 Å². The molecular weight excluding hydrogens is 570 g/mol. The third-order valence-electron chi connectivity index (χ3n) is 6.41. The fraction of sp³-hybridized carbons (Fsp3) is 0.0938. The van der Waals surface area contributed by atoms with Gasteiger partial charge in [0.2, 0.25) is 0 Å². The van der Waals surface area contributed by atoms with E-state index in [2.05, 4.69) is 43.6 Å². The molecule has 0 aliphatic rings. The minimum atomic E-state index is -0.528. The number of methoxy groups -OCH3 is 1. The standard InChI is InChI=1S/C32H26BrN3O4/c1-19-15-20(2)29-26(16-19)28(21-7-5-4-6-8-21)30(35-29)31(37)36-34-18-23-17-24(33)11-14-27(23)40-32(38)22-9-12-25(39-3)13-10-22/h4-18,35H,1-3H3,(H,36,37). The zero-order chi connectivity index (χ0) is 28.2. The Morgan fingerprint density at radius 2 is 1.70 bits per heavy atom. The van der Waals surface area contributed by atoms with Crippen LogP contribution < -0.4 is 14.9 Å². The monoisotopic (exact) mass is 595 g/mol. The van der Waals surface area contributed by atoms with E-state index in [1.807, 2.05) is 44.2 Å². The van der Waals surface area contributed by atoms with E-state index in [1.54, 1.807) is 49.6 Å². The van der Waals surface area contributed by atoms with Crippen LogP contribution in [0.2, 0.25) is 0 Å². The van der Waals surface area contributed by atoms with Gasteiger partial charge in [-0.3, -0.25) is 4.79 Å². The quantitative estimate of drug-likeness (QED) is 0.0899. The highest BCUT2D eigenvalue weighted by Crippen LogP contribution is 2.34. The summed E-state index contributed by atoms with van der Waals surface area (Å²) in [5.41, 5.74) is 8.71. The Labute approximate surface area is 240 Å². The summed E-state index contributed by atoms with van der Waals surface area (Å²) >= 11 is 3.44. The fourth-order valence-corrected chi connectivity index (χ4v) is 4.92. The number of benzene rings is 4. The normalized spacial score (nSPS) is 11.1. The molecule has 5 aromatic rings. The minimum absolute atomic E-state index is 0.295. The number of halogens is 1. The molecule has 7 nitrogen and oxygen atoms in total. The Bertz CT molecular complexity index is 1740. The van der Waals surface area contributed by atoms with E-state index >= 15 is 0 Å². The average molecular weight is 596 g/mol. The van der Waals surface area contributed by atoms with Crippen LogP contribution in [-0.4, -0.2) is 30.2 Å². The van der Waals surface area contributed by atoms with E-state index in [-0.39, 0.29) is 0 Å². The number of hydrazone groups is 1. The molecular formula is C32H26BrN3O4. The topological polar surface area (TPSA) is 92.8 Å². The highest BCUT2D eigenvalue weighted by molar-refractivity contribution is 9.10. The van der Waals surface area contributed by atoms with Crippen molar-refractivity contribution in [3.05, 3.63) is 117 Å². The van der Waals surface area contributed by atoms with Gasteiger partial charge in [-0.15, -0.1) is 0 Å². The number of H-pyrrole nitrogens is 1. The maximum absolute atomic E-state index is 13.4. The van der Waals surface area contributed by atoms with Crippen LogP contribution >= 0.6 is 15.9 Å². The van der Waals surface area contributed by atoms with E-state index < -0.39 is 11.9 Å². The van der Waals surface area contributed by atoms with Gasteiger partial charge in [-0.25, -0.2) is 10.2 Å². The molecule has 1 aromatic heterocycles. The van der Waals surface area contributed by atoms with E-state index in [1.165, 1.54) is 6.21 Å². The zero-order valence-corrected chi connectivity index (χ0v) is 23.7. The molecule has 0 bridgehead atoms. The Morgan fingerprint density at radius 1 is 0.950 bits per heavy atom. The molecule has 0 aliphatic carbocycles.